The summed E-state index contributed by atoms with van der Waals surface area (Å²) in [5.41, 5.74) is 1.06. The van der Waals surface area contributed by atoms with Crippen LogP contribution in [0, 0.1) is 12.8 Å². The number of hydrogen-bond donors (Lipinski definition) is 2. The Bertz CT molecular complexity index is 433. The minimum Gasteiger partial charge on any atom is -0.381 e. The van der Waals surface area contributed by atoms with Crippen LogP contribution >= 0.6 is 0 Å². The Hall–Kier alpha value is -1.36. The van der Waals surface area contributed by atoms with Gasteiger partial charge in [0, 0.05) is 38.3 Å². The van der Waals surface area contributed by atoms with Gasteiger partial charge in [0.2, 0.25) is 0 Å². The van der Waals surface area contributed by atoms with Gasteiger partial charge in [0.15, 0.2) is 0 Å². The first-order valence-electron chi connectivity index (χ1n) is 7.83. The Labute approximate surface area is 128 Å². The lowest BCUT2D eigenvalue weighted by molar-refractivity contribution is 0.110. The van der Waals surface area contributed by atoms with Crippen molar-refractivity contribution in [3.05, 3.63) is 11.4 Å². The second-order valence-corrected chi connectivity index (χ2v) is 6.06. The minimum absolute atomic E-state index is 0.313. The summed E-state index contributed by atoms with van der Waals surface area (Å²) in [7, 11) is 1.89. The van der Waals surface area contributed by atoms with Crippen LogP contribution in [0.1, 0.15) is 51.4 Å². The maximum atomic E-state index is 5.59. The molecule has 0 saturated carbocycles. The number of rotatable bonds is 9. The highest BCUT2D eigenvalue weighted by atomic mass is 16.5. The fraction of sp³-hybridized carbons (Fsp3) is 0.750. The van der Waals surface area contributed by atoms with Crippen LogP contribution < -0.4 is 10.6 Å². The fourth-order valence-electron chi connectivity index (χ4n) is 1.91. The Balaban J connectivity index is 2.55. The van der Waals surface area contributed by atoms with E-state index in [1.54, 1.807) is 0 Å². The van der Waals surface area contributed by atoms with Gasteiger partial charge >= 0.3 is 0 Å². The molecule has 0 unspecified atom stereocenters. The van der Waals surface area contributed by atoms with E-state index >= 15 is 0 Å². The number of hydrogen-bond acceptors (Lipinski definition) is 5. The van der Waals surface area contributed by atoms with Crippen LogP contribution in [0.3, 0.4) is 0 Å². The number of ether oxygens (including phenoxy) is 1. The van der Waals surface area contributed by atoms with Crippen molar-refractivity contribution in [2.24, 2.45) is 5.92 Å². The highest BCUT2D eigenvalue weighted by Crippen LogP contribution is 2.22. The van der Waals surface area contributed by atoms with Gasteiger partial charge in [-0.05, 0) is 19.3 Å². The molecule has 2 N–H and O–H groups in total. The third-order valence-electron chi connectivity index (χ3n) is 3.13. The van der Waals surface area contributed by atoms with E-state index in [1.165, 1.54) is 0 Å². The molecule has 0 amide bonds. The molecule has 5 nitrogen and oxygen atoms in total. The lowest BCUT2D eigenvalue weighted by atomic mass is 10.2. The van der Waals surface area contributed by atoms with Crippen LogP contribution in [0.4, 0.5) is 11.6 Å². The number of anilines is 2. The van der Waals surface area contributed by atoms with Crippen LogP contribution in [0.25, 0.3) is 0 Å². The van der Waals surface area contributed by atoms with E-state index in [0.29, 0.717) is 11.8 Å². The average molecular weight is 294 g/mol. The molecular formula is C16H30N4O. The van der Waals surface area contributed by atoms with E-state index in [2.05, 4.69) is 48.3 Å². The van der Waals surface area contributed by atoms with Gasteiger partial charge in [-0.3, -0.25) is 0 Å². The van der Waals surface area contributed by atoms with Gasteiger partial charge in [-0.25, -0.2) is 9.97 Å². The summed E-state index contributed by atoms with van der Waals surface area (Å²) in [6, 6.07) is 0. The highest BCUT2D eigenvalue weighted by molar-refractivity contribution is 5.57. The molecule has 21 heavy (non-hydrogen) atoms. The van der Waals surface area contributed by atoms with Gasteiger partial charge < -0.3 is 15.4 Å². The molecule has 1 heterocycles. The molecule has 120 valence electrons. The van der Waals surface area contributed by atoms with Crippen molar-refractivity contribution in [2.75, 3.05) is 37.4 Å². The molecule has 1 rings (SSSR count). The van der Waals surface area contributed by atoms with E-state index < -0.39 is 0 Å². The molecule has 0 aliphatic rings. The summed E-state index contributed by atoms with van der Waals surface area (Å²) in [6.45, 7) is 13.0. The molecule has 0 aliphatic heterocycles. The molecule has 0 aliphatic carbocycles. The van der Waals surface area contributed by atoms with Crippen molar-refractivity contribution in [3.8, 4) is 0 Å². The van der Waals surface area contributed by atoms with Crippen molar-refractivity contribution in [2.45, 2.75) is 47.0 Å². The van der Waals surface area contributed by atoms with Crippen molar-refractivity contribution < 1.29 is 4.74 Å². The lowest BCUT2D eigenvalue weighted by Gasteiger charge is -2.15. The standard InChI is InChI=1S/C16H30N4O/c1-11(2)10-21-9-7-8-18-16-13(5)15(17-6)19-14(20-16)12(3)4/h11-12H,7-10H2,1-6H3,(H2,17,18,19,20). The quantitative estimate of drug-likeness (QED) is 0.683. The Morgan fingerprint density at radius 1 is 1.10 bits per heavy atom. The molecule has 5 heteroatoms. The largest absolute Gasteiger partial charge is 0.381 e. The predicted octanol–water partition coefficient (Wildman–Crippen LogP) is 3.42. The lowest BCUT2D eigenvalue weighted by Crippen LogP contribution is -2.13. The minimum atomic E-state index is 0.313. The van der Waals surface area contributed by atoms with Gasteiger partial charge in [0.25, 0.3) is 0 Å². The first-order valence-corrected chi connectivity index (χ1v) is 7.83. The first-order chi connectivity index (χ1) is 9.95. The van der Waals surface area contributed by atoms with E-state index in [9.17, 15) is 0 Å². The molecule has 0 saturated heterocycles. The summed E-state index contributed by atoms with van der Waals surface area (Å²) in [4.78, 5) is 9.16. The van der Waals surface area contributed by atoms with E-state index in [4.69, 9.17) is 4.74 Å². The fourth-order valence-corrected chi connectivity index (χ4v) is 1.91. The van der Waals surface area contributed by atoms with Crippen LogP contribution in [0.5, 0.6) is 0 Å². The van der Waals surface area contributed by atoms with Gasteiger partial charge in [0.1, 0.15) is 17.5 Å². The van der Waals surface area contributed by atoms with Crippen LogP contribution in [0.2, 0.25) is 0 Å². The molecule has 1 aromatic rings. The molecule has 1 aromatic heterocycles. The van der Waals surface area contributed by atoms with Gasteiger partial charge in [-0.15, -0.1) is 0 Å². The topological polar surface area (TPSA) is 59.1 Å². The SMILES string of the molecule is CNc1nc(C(C)C)nc(NCCCOCC(C)C)c1C. The second kappa shape index (κ2) is 8.82. The van der Waals surface area contributed by atoms with Crippen LogP contribution in [0.15, 0.2) is 0 Å². The smallest absolute Gasteiger partial charge is 0.135 e. The summed E-state index contributed by atoms with van der Waals surface area (Å²) < 4.78 is 5.59. The number of nitrogens with one attached hydrogen (secondary N) is 2. The van der Waals surface area contributed by atoms with E-state index in [1.807, 2.05) is 14.0 Å². The molecule has 0 fully saturated rings. The molecule has 0 radical (unpaired) electrons. The van der Waals surface area contributed by atoms with Gasteiger partial charge in [0.05, 0.1) is 0 Å². The monoisotopic (exact) mass is 294 g/mol. The number of aromatic nitrogens is 2. The second-order valence-electron chi connectivity index (χ2n) is 6.06. The molecule has 0 atom stereocenters. The zero-order chi connectivity index (χ0) is 15.8. The van der Waals surface area contributed by atoms with Crippen LogP contribution in [-0.2, 0) is 4.74 Å². The van der Waals surface area contributed by atoms with Crippen molar-refractivity contribution in [3.63, 3.8) is 0 Å². The normalized spacial score (nSPS) is 11.2. The Kier molecular flexibility index (Phi) is 7.43. The maximum Gasteiger partial charge on any atom is 0.135 e. The zero-order valence-electron chi connectivity index (χ0n) is 14.3. The zero-order valence-corrected chi connectivity index (χ0v) is 14.3. The maximum absolute atomic E-state index is 5.59. The summed E-state index contributed by atoms with van der Waals surface area (Å²) in [5.74, 6) is 3.58. The van der Waals surface area contributed by atoms with E-state index in [0.717, 1.165) is 49.2 Å². The summed E-state index contributed by atoms with van der Waals surface area (Å²) in [5, 5.41) is 6.54. The number of nitrogens with zero attached hydrogens (tertiary/aromatic N) is 2. The summed E-state index contributed by atoms with van der Waals surface area (Å²) >= 11 is 0. The van der Waals surface area contributed by atoms with Crippen molar-refractivity contribution >= 4 is 11.6 Å². The van der Waals surface area contributed by atoms with Gasteiger partial charge in [-0.1, -0.05) is 27.7 Å². The highest BCUT2D eigenvalue weighted by Gasteiger charge is 2.11. The predicted molar refractivity (Wildman–Crippen MR) is 89.2 cm³/mol. The third kappa shape index (κ3) is 5.87. The Morgan fingerprint density at radius 2 is 1.76 bits per heavy atom. The molecule has 0 spiro atoms. The third-order valence-corrected chi connectivity index (χ3v) is 3.13. The van der Waals surface area contributed by atoms with Gasteiger partial charge in [-0.2, -0.15) is 0 Å². The molecular weight excluding hydrogens is 264 g/mol. The average Bonchev–Trinajstić information content (AvgIpc) is 2.43. The Morgan fingerprint density at radius 3 is 2.33 bits per heavy atom. The summed E-state index contributed by atoms with van der Waals surface area (Å²) in [6.07, 6.45) is 0.974. The molecule has 0 bridgehead atoms. The van der Waals surface area contributed by atoms with E-state index in [-0.39, 0.29) is 0 Å². The molecule has 0 aromatic carbocycles. The van der Waals surface area contributed by atoms with Crippen molar-refractivity contribution in [1.29, 1.82) is 0 Å². The first kappa shape index (κ1) is 17.7. The van der Waals surface area contributed by atoms with Crippen LogP contribution in [-0.4, -0.2) is 36.8 Å². The van der Waals surface area contributed by atoms with Crippen molar-refractivity contribution in [1.82, 2.24) is 9.97 Å².